The zero-order chi connectivity index (χ0) is 11.4. The molecular formula is C11H15ClO3. The normalized spacial score (nSPS) is 14.5. The monoisotopic (exact) mass is 230 g/mol. The molecule has 84 valence electrons. The maximum Gasteiger partial charge on any atom is 0.124 e. The third-order valence-electron chi connectivity index (χ3n) is 2.19. The van der Waals surface area contributed by atoms with Gasteiger partial charge in [0.25, 0.3) is 0 Å². The molecule has 0 aromatic heterocycles. The van der Waals surface area contributed by atoms with Gasteiger partial charge in [-0.25, -0.2) is 0 Å². The molecule has 1 aromatic carbocycles. The first-order valence-corrected chi connectivity index (χ1v) is 5.07. The highest BCUT2D eigenvalue weighted by atomic mass is 35.5. The molecule has 3 nitrogen and oxygen atoms in total. The van der Waals surface area contributed by atoms with E-state index in [0.717, 1.165) is 0 Å². The van der Waals surface area contributed by atoms with E-state index >= 15 is 0 Å². The first-order valence-electron chi connectivity index (χ1n) is 4.64. The fraction of sp³-hybridized carbons (Fsp3) is 0.455. The molecule has 0 spiro atoms. The minimum atomic E-state index is -0.767. The van der Waals surface area contributed by atoms with Crippen LogP contribution in [0.15, 0.2) is 18.2 Å². The van der Waals surface area contributed by atoms with Gasteiger partial charge in [-0.15, -0.1) is 11.6 Å². The minimum Gasteiger partial charge on any atom is -0.497 e. The zero-order valence-electron chi connectivity index (χ0n) is 9.03. The standard InChI is InChI=1S/C11H15ClO3/c1-7(12)11(13)9-6-8(14-2)4-5-10(9)15-3/h4-7,11,13H,1-3H3. The average molecular weight is 231 g/mol. The van der Waals surface area contributed by atoms with Gasteiger partial charge in [-0.05, 0) is 25.1 Å². The Kier molecular flexibility index (Phi) is 4.24. The highest BCUT2D eigenvalue weighted by Crippen LogP contribution is 2.32. The molecule has 2 atom stereocenters. The van der Waals surface area contributed by atoms with Crippen molar-refractivity contribution in [3.8, 4) is 11.5 Å². The topological polar surface area (TPSA) is 38.7 Å². The van der Waals surface area contributed by atoms with Crippen LogP contribution in [0.4, 0.5) is 0 Å². The Morgan fingerprint density at radius 2 is 1.93 bits per heavy atom. The molecule has 1 aromatic rings. The van der Waals surface area contributed by atoms with E-state index in [9.17, 15) is 5.11 Å². The maximum absolute atomic E-state index is 9.86. The predicted molar refractivity (Wildman–Crippen MR) is 59.8 cm³/mol. The summed E-state index contributed by atoms with van der Waals surface area (Å²) >= 11 is 5.84. The van der Waals surface area contributed by atoms with Crippen LogP contribution in [0.2, 0.25) is 0 Å². The smallest absolute Gasteiger partial charge is 0.124 e. The Balaban J connectivity index is 3.11. The van der Waals surface area contributed by atoms with E-state index in [4.69, 9.17) is 21.1 Å². The largest absolute Gasteiger partial charge is 0.497 e. The van der Waals surface area contributed by atoms with E-state index in [2.05, 4.69) is 0 Å². The van der Waals surface area contributed by atoms with Crippen molar-refractivity contribution < 1.29 is 14.6 Å². The number of benzene rings is 1. The van der Waals surface area contributed by atoms with Gasteiger partial charge in [0.1, 0.15) is 11.5 Å². The van der Waals surface area contributed by atoms with E-state index in [1.807, 2.05) is 0 Å². The molecule has 0 aliphatic rings. The quantitative estimate of drug-likeness (QED) is 0.808. The van der Waals surface area contributed by atoms with E-state index in [-0.39, 0.29) is 5.38 Å². The molecule has 0 bridgehead atoms. The number of aliphatic hydroxyl groups excluding tert-OH is 1. The molecule has 1 N–H and O–H groups in total. The summed E-state index contributed by atoms with van der Waals surface area (Å²) in [5.74, 6) is 1.28. The number of ether oxygens (including phenoxy) is 2. The van der Waals surface area contributed by atoms with Crippen molar-refractivity contribution in [1.82, 2.24) is 0 Å². The molecule has 0 aliphatic carbocycles. The predicted octanol–water partition coefficient (Wildman–Crippen LogP) is 2.36. The van der Waals surface area contributed by atoms with Crippen molar-refractivity contribution in [3.05, 3.63) is 23.8 Å². The molecule has 15 heavy (non-hydrogen) atoms. The zero-order valence-corrected chi connectivity index (χ0v) is 9.78. The first-order chi connectivity index (χ1) is 7.10. The molecule has 0 saturated carbocycles. The highest BCUT2D eigenvalue weighted by Gasteiger charge is 2.18. The molecular weight excluding hydrogens is 216 g/mol. The lowest BCUT2D eigenvalue weighted by molar-refractivity contribution is 0.172. The van der Waals surface area contributed by atoms with Crippen LogP contribution in [0.25, 0.3) is 0 Å². The lowest BCUT2D eigenvalue weighted by atomic mass is 10.1. The summed E-state index contributed by atoms with van der Waals surface area (Å²) < 4.78 is 10.2. The van der Waals surface area contributed by atoms with Crippen LogP contribution in [-0.4, -0.2) is 24.7 Å². The van der Waals surface area contributed by atoms with Crippen LogP contribution in [0, 0.1) is 0 Å². The molecule has 4 heteroatoms. The minimum absolute atomic E-state index is 0.383. The molecule has 0 radical (unpaired) electrons. The van der Waals surface area contributed by atoms with Crippen molar-refractivity contribution in [3.63, 3.8) is 0 Å². The van der Waals surface area contributed by atoms with Gasteiger partial charge in [0.2, 0.25) is 0 Å². The van der Waals surface area contributed by atoms with Crippen LogP contribution in [0.5, 0.6) is 11.5 Å². The van der Waals surface area contributed by atoms with Crippen LogP contribution in [0.3, 0.4) is 0 Å². The Bertz CT molecular complexity index is 326. The van der Waals surface area contributed by atoms with E-state index in [1.54, 1.807) is 39.3 Å². The molecule has 0 saturated heterocycles. The van der Waals surface area contributed by atoms with Crippen molar-refractivity contribution >= 4 is 11.6 Å². The summed E-state index contributed by atoms with van der Waals surface area (Å²) in [4.78, 5) is 0. The lowest BCUT2D eigenvalue weighted by Crippen LogP contribution is -2.09. The fourth-order valence-corrected chi connectivity index (χ4v) is 1.45. The lowest BCUT2D eigenvalue weighted by Gasteiger charge is -2.17. The number of hydrogen-bond acceptors (Lipinski definition) is 3. The second kappa shape index (κ2) is 5.24. The van der Waals surface area contributed by atoms with E-state index in [1.165, 1.54) is 0 Å². The van der Waals surface area contributed by atoms with Crippen LogP contribution in [-0.2, 0) is 0 Å². The van der Waals surface area contributed by atoms with E-state index in [0.29, 0.717) is 17.1 Å². The number of halogens is 1. The van der Waals surface area contributed by atoms with Crippen LogP contribution < -0.4 is 9.47 Å². The van der Waals surface area contributed by atoms with Crippen molar-refractivity contribution in [1.29, 1.82) is 0 Å². The van der Waals surface area contributed by atoms with Crippen LogP contribution in [0.1, 0.15) is 18.6 Å². The Hall–Kier alpha value is -0.930. The summed E-state index contributed by atoms with van der Waals surface area (Å²) in [6.07, 6.45) is -0.767. The molecule has 0 heterocycles. The average Bonchev–Trinajstić information content (AvgIpc) is 2.27. The van der Waals surface area contributed by atoms with Crippen molar-refractivity contribution in [2.75, 3.05) is 14.2 Å². The van der Waals surface area contributed by atoms with Crippen molar-refractivity contribution in [2.45, 2.75) is 18.4 Å². The summed E-state index contributed by atoms with van der Waals surface area (Å²) in [7, 11) is 3.12. The Morgan fingerprint density at radius 3 is 2.40 bits per heavy atom. The third-order valence-corrected chi connectivity index (χ3v) is 2.43. The summed E-state index contributed by atoms with van der Waals surface area (Å²) in [6, 6.07) is 5.24. The van der Waals surface area contributed by atoms with E-state index < -0.39 is 6.10 Å². The summed E-state index contributed by atoms with van der Waals surface area (Å²) in [5.41, 5.74) is 0.638. The van der Waals surface area contributed by atoms with Gasteiger partial charge in [0, 0.05) is 5.56 Å². The maximum atomic E-state index is 9.86. The van der Waals surface area contributed by atoms with Gasteiger partial charge < -0.3 is 14.6 Å². The first kappa shape index (κ1) is 12.1. The Morgan fingerprint density at radius 1 is 1.27 bits per heavy atom. The summed E-state index contributed by atoms with van der Waals surface area (Å²) in [6.45, 7) is 1.73. The number of hydrogen-bond donors (Lipinski definition) is 1. The molecule has 0 aliphatic heterocycles. The number of aliphatic hydroxyl groups is 1. The van der Waals surface area contributed by atoms with Gasteiger partial charge in [-0.1, -0.05) is 0 Å². The van der Waals surface area contributed by atoms with Gasteiger partial charge in [-0.2, -0.15) is 0 Å². The number of alkyl halides is 1. The van der Waals surface area contributed by atoms with Crippen LogP contribution >= 0.6 is 11.6 Å². The second-order valence-electron chi connectivity index (χ2n) is 3.23. The number of methoxy groups -OCH3 is 2. The Labute approximate surface area is 94.6 Å². The fourth-order valence-electron chi connectivity index (χ4n) is 1.32. The van der Waals surface area contributed by atoms with Gasteiger partial charge in [-0.3, -0.25) is 0 Å². The molecule has 2 unspecified atom stereocenters. The third kappa shape index (κ3) is 2.76. The SMILES string of the molecule is COc1ccc(OC)c(C(O)C(C)Cl)c1. The molecule has 0 amide bonds. The van der Waals surface area contributed by atoms with Gasteiger partial charge >= 0.3 is 0 Å². The summed E-state index contributed by atoms with van der Waals surface area (Å²) in [5, 5.41) is 9.48. The van der Waals surface area contributed by atoms with Crippen molar-refractivity contribution in [2.24, 2.45) is 0 Å². The number of rotatable bonds is 4. The second-order valence-corrected chi connectivity index (χ2v) is 3.92. The molecule has 0 fully saturated rings. The van der Waals surface area contributed by atoms with Gasteiger partial charge in [0.15, 0.2) is 0 Å². The van der Waals surface area contributed by atoms with Gasteiger partial charge in [0.05, 0.1) is 25.7 Å². The molecule has 1 rings (SSSR count). The highest BCUT2D eigenvalue weighted by molar-refractivity contribution is 6.20.